The van der Waals surface area contributed by atoms with E-state index in [0.29, 0.717) is 5.69 Å². The fourth-order valence-electron chi connectivity index (χ4n) is 3.02. The molecule has 0 radical (unpaired) electrons. The van der Waals surface area contributed by atoms with Gasteiger partial charge in [0.25, 0.3) is 10.0 Å². The van der Waals surface area contributed by atoms with Crippen LogP contribution < -0.4 is 9.62 Å². The number of aryl methyl sites for hydroxylation is 2. The lowest BCUT2D eigenvalue weighted by atomic mass is 10.1. The first kappa shape index (κ1) is 18.7. The lowest BCUT2D eigenvalue weighted by molar-refractivity contribution is 0.270. The summed E-state index contributed by atoms with van der Waals surface area (Å²) < 4.78 is 27.7. The van der Waals surface area contributed by atoms with Crippen molar-refractivity contribution >= 4 is 21.5 Å². The number of likely N-dealkylation sites (N-methyl/N-ethyl adjacent to an activating group) is 1. The number of rotatable bonds is 5. The van der Waals surface area contributed by atoms with E-state index >= 15 is 0 Å². The van der Waals surface area contributed by atoms with Crippen LogP contribution in [0.15, 0.2) is 41.4 Å². The van der Waals surface area contributed by atoms with E-state index in [1.807, 2.05) is 26.0 Å². The van der Waals surface area contributed by atoms with Crippen molar-refractivity contribution in [2.75, 3.05) is 42.3 Å². The van der Waals surface area contributed by atoms with Gasteiger partial charge < -0.3 is 9.80 Å². The maximum Gasteiger partial charge on any atom is 0.261 e. The number of piperazine rings is 1. The number of nitrogens with one attached hydrogen (secondary N) is 1. The van der Waals surface area contributed by atoms with Crippen LogP contribution in [0.2, 0.25) is 0 Å². The first-order valence-electron chi connectivity index (χ1n) is 8.92. The molecule has 0 saturated carbocycles. The van der Waals surface area contributed by atoms with Crippen molar-refractivity contribution in [3.05, 3.63) is 47.7 Å². The monoisotopic (exact) mass is 374 g/mol. The van der Waals surface area contributed by atoms with Gasteiger partial charge in [0, 0.05) is 26.2 Å². The van der Waals surface area contributed by atoms with Crippen molar-refractivity contribution in [2.24, 2.45) is 0 Å². The highest BCUT2D eigenvalue weighted by molar-refractivity contribution is 7.92. The molecular formula is C19H26N4O2S. The summed E-state index contributed by atoms with van der Waals surface area (Å²) >= 11 is 0. The third-order valence-electron chi connectivity index (χ3n) is 4.93. The smallest absolute Gasteiger partial charge is 0.261 e. The first-order valence-corrected chi connectivity index (χ1v) is 10.4. The Labute approximate surface area is 155 Å². The Morgan fingerprint density at radius 2 is 1.77 bits per heavy atom. The van der Waals surface area contributed by atoms with Crippen LogP contribution in [0, 0.1) is 13.8 Å². The van der Waals surface area contributed by atoms with Crippen LogP contribution in [0.25, 0.3) is 0 Å². The Balaban J connectivity index is 1.70. The zero-order valence-corrected chi connectivity index (χ0v) is 16.4. The molecule has 140 valence electrons. The second-order valence-electron chi connectivity index (χ2n) is 6.68. The van der Waals surface area contributed by atoms with Gasteiger partial charge in [0.15, 0.2) is 0 Å². The lowest BCUT2D eigenvalue weighted by Gasteiger charge is -2.34. The molecule has 1 aliphatic rings. The molecule has 1 aromatic carbocycles. The molecule has 0 unspecified atom stereocenters. The molecule has 0 spiro atoms. The van der Waals surface area contributed by atoms with Crippen LogP contribution in [-0.4, -0.2) is 51.0 Å². The number of hydrogen-bond acceptors (Lipinski definition) is 5. The number of pyridine rings is 1. The van der Waals surface area contributed by atoms with Gasteiger partial charge in [0.1, 0.15) is 5.82 Å². The van der Waals surface area contributed by atoms with Gasteiger partial charge in [0.05, 0.1) is 16.8 Å². The van der Waals surface area contributed by atoms with Gasteiger partial charge >= 0.3 is 0 Å². The van der Waals surface area contributed by atoms with Crippen LogP contribution >= 0.6 is 0 Å². The average molecular weight is 375 g/mol. The Kier molecular flexibility index (Phi) is 5.48. The zero-order chi connectivity index (χ0) is 18.7. The normalized spacial score (nSPS) is 15.9. The molecule has 1 fully saturated rings. The quantitative estimate of drug-likeness (QED) is 0.872. The Morgan fingerprint density at radius 3 is 2.35 bits per heavy atom. The first-order chi connectivity index (χ1) is 12.4. The molecule has 1 saturated heterocycles. The molecule has 7 heteroatoms. The van der Waals surface area contributed by atoms with E-state index in [1.54, 1.807) is 24.4 Å². The predicted octanol–water partition coefficient (Wildman–Crippen LogP) is 2.64. The van der Waals surface area contributed by atoms with E-state index in [4.69, 9.17) is 0 Å². The van der Waals surface area contributed by atoms with Crippen LogP contribution in [0.1, 0.15) is 18.1 Å². The Hall–Kier alpha value is -2.12. The Bertz CT molecular complexity index is 858. The molecule has 0 bridgehead atoms. The summed E-state index contributed by atoms with van der Waals surface area (Å²) in [6.45, 7) is 11.0. The van der Waals surface area contributed by atoms with Crippen LogP contribution in [0.5, 0.6) is 0 Å². The van der Waals surface area contributed by atoms with Crippen molar-refractivity contribution in [1.82, 2.24) is 9.88 Å². The highest BCUT2D eigenvalue weighted by Gasteiger charge is 2.18. The number of anilines is 2. The van der Waals surface area contributed by atoms with Gasteiger partial charge in [-0.15, -0.1) is 0 Å². The molecule has 0 atom stereocenters. The van der Waals surface area contributed by atoms with E-state index in [-0.39, 0.29) is 4.90 Å². The molecule has 2 aromatic rings. The van der Waals surface area contributed by atoms with Gasteiger partial charge in [0.2, 0.25) is 0 Å². The molecule has 6 nitrogen and oxygen atoms in total. The number of aromatic nitrogens is 1. The van der Waals surface area contributed by atoms with Gasteiger partial charge in [-0.25, -0.2) is 13.4 Å². The largest absolute Gasteiger partial charge is 0.354 e. The summed E-state index contributed by atoms with van der Waals surface area (Å²) in [5.41, 5.74) is 2.49. The van der Waals surface area contributed by atoms with Gasteiger partial charge in [-0.05, 0) is 55.8 Å². The number of benzene rings is 1. The van der Waals surface area contributed by atoms with Gasteiger partial charge in [-0.1, -0.05) is 13.0 Å². The molecule has 3 rings (SSSR count). The molecule has 1 N–H and O–H groups in total. The van der Waals surface area contributed by atoms with E-state index in [0.717, 1.165) is 49.7 Å². The van der Waals surface area contributed by atoms with Crippen molar-refractivity contribution < 1.29 is 8.42 Å². The highest BCUT2D eigenvalue weighted by Crippen LogP contribution is 2.20. The molecule has 2 heterocycles. The van der Waals surface area contributed by atoms with Crippen molar-refractivity contribution in [3.63, 3.8) is 0 Å². The minimum atomic E-state index is -3.61. The van der Waals surface area contributed by atoms with E-state index in [9.17, 15) is 8.42 Å². The van der Waals surface area contributed by atoms with E-state index in [1.165, 1.54) is 0 Å². The van der Waals surface area contributed by atoms with E-state index in [2.05, 4.69) is 26.4 Å². The number of hydrogen-bond donors (Lipinski definition) is 1. The SMILES string of the molecule is CCN1CCN(c2ccc(NS(=O)(=O)c3ccc(C)c(C)c3)cn2)CC1. The minimum Gasteiger partial charge on any atom is -0.354 e. The number of nitrogens with zero attached hydrogens (tertiary/aromatic N) is 3. The summed E-state index contributed by atoms with van der Waals surface area (Å²) in [6, 6.07) is 8.78. The van der Waals surface area contributed by atoms with Crippen LogP contribution in [-0.2, 0) is 10.0 Å². The zero-order valence-electron chi connectivity index (χ0n) is 15.6. The number of sulfonamides is 1. The molecular weight excluding hydrogens is 348 g/mol. The van der Waals surface area contributed by atoms with Crippen LogP contribution in [0.3, 0.4) is 0 Å². The summed E-state index contributed by atoms with van der Waals surface area (Å²) in [7, 11) is -3.61. The van der Waals surface area contributed by atoms with Gasteiger partial charge in [-0.2, -0.15) is 0 Å². The summed E-state index contributed by atoms with van der Waals surface area (Å²) in [5, 5.41) is 0. The average Bonchev–Trinajstić information content (AvgIpc) is 2.64. The predicted molar refractivity (Wildman–Crippen MR) is 105 cm³/mol. The maximum absolute atomic E-state index is 12.6. The standard InChI is InChI=1S/C19H26N4O2S/c1-4-22-9-11-23(12-10-22)19-8-6-17(14-20-19)21-26(24,25)18-7-5-15(2)16(3)13-18/h5-8,13-14,21H,4,9-12H2,1-3H3. The minimum absolute atomic E-state index is 0.264. The third kappa shape index (κ3) is 4.16. The lowest BCUT2D eigenvalue weighted by Crippen LogP contribution is -2.46. The van der Waals surface area contributed by atoms with Crippen molar-refractivity contribution in [2.45, 2.75) is 25.7 Å². The Morgan fingerprint density at radius 1 is 1.04 bits per heavy atom. The molecule has 26 heavy (non-hydrogen) atoms. The molecule has 0 amide bonds. The van der Waals surface area contributed by atoms with E-state index < -0.39 is 10.0 Å². The summed E-state index contributed by atoms with van der Waals surface area (Å²) in [5.74, 6) is 0.884. The topological polar surface area (TPSA) is 65.5 Å². The van der Waals surface area contributed by atoms with Crippen molar-refractivity contribution in [3.8, 4) is 0 Å². The molecule has 1 aliphatic heterocycles. The highest BCUT2D eigenvalue weighted by atomic mass is 32.2. The van der Waals surface area contributed by atoms with Crippen LogP contribution in [0.4, 0.5) is 11.5 Å². The second kappa shape index (κ2) is 7.63. The molecule has 0 aliphatic carbocycles. The fourth-order valence-corrected chi connectivity index (χ4v) is 4.15. The van der Waals surface area contributed by atoms with Gasteiger partial charge in [-0.3, -0.25) is 4.72 Å². The fraction of sp³-hybridized carbons (Fsp3) is 0.421. The van der Waals surface area contributed by atoms with Crippen molar-refractivity contribution in [1.29, 1.82) is 0 Å². The summed E-state index contributed by atoms with van der Waals surface area (Å²) in [6.07, 6.45) is 1.58. The third-order valence-corrected chi connectivity index (χ3v) is 6.31. The maximum atomic E-state index is 12.6. The molecule has 1 aromatic heterocycles. The second-order valence-corrected chi connectivity index (χ2v) is 8.36. The summed E-state index contributed by atoms with van der Waals surface area (Å²) in [4.78, 5) is 9.34.